The SMILES string of the molecule is C#Cc1cccc(N2N=C(C(N)=O)C3COCC32)c1.CC.CN1CCC(O)C1=O. The van der Waals surface area contributed by atoms with Crippen molar-refractivity contribution in [1.29, 1.82) is 0 Å². The van der Waals surface area contributed by atoms with Gasteiger partial charge in [-0.2, -0.15) is 5.10 Å². The van der Waals surface area contributed by atoms with Crippen molar-refractivity contribution in [3.05, 3.63) is 29.8 Å². The Balaban J connectivity index is 0.000000252. The van der Waals surface area contributed by atoms with Crippen molar-refractivity contribution in [2.45, 2.75) is 32.4 Å². The molecule has 0 radical (unpaired) electrons. The molecular formula is C21H28N4O4. The van der Waals surface area contributed by atoms with Crippen LogP contribution < -0.4 is 10.7 Å². The van der Waals surface area contributed by atoms with E-state index >= 15 is 0 Å². The van der Waals surface area contributed by atoms with Crippen LogP contribution in [0.3, 0.4) is 0 Å². The molecule has 0 aromatic heterocycles. The average molecular weight is 400 g/mol. The molecule has 3 unspecified atom stereocenters. The third kappa shape index (κ3) is 4.94. The predicted molar refractivity (Wildman–Crippen MR) is 111 cm³/mol. The van der Waals surface area contributed by atoms with Gasteiger partial charge < -0.3 is 20.5 Å². The number of ether oxygens (including phenoxy) is 1. The lowest BCUT2D eigenvalue weighted by Crippen LogP contribution is -2.35. The molecule has 3 heterocycles. The maximum atomic E-state index is 11.4. The summed E-state index contributed by atoms with van der Waals surface area (Å²) in [5.41, 5.74) is 7.38. The van der Waals surface area contributed by atoms with Gasteiger partial charge >= 0.3 is 0 Å². The molecule has 0 aliphatic carbocycles. The number of benzene rings is 1. The molecule has 8 heteroatoms. The number of carbonyl (C=O) groups is 2. The molecular weight excluding hydrogens is 372 g/mol. The van der Waals surface area contributed by atoms with Crippen LogP contribution in [0.2, 0.25) is 0 Å². The van der Waals surface area contributed by atoms with Crippen LogP contribution in [0.25, 0.3) is 0 Å². The number of aliphatic hydroxyl groups excluding tert-OH is 1. The van der Waals surface area contributed by atoms with Crippen molar-refractivity contribution in [3.63, 3.8) is 0 Å². The summed E-state index contributed by atoms with van der Waals surface area (Å²) < 4.78 is 5.43. The van der Waals surface area contributed by atoms with Gasteiger partial charge in [-0.05, 0) is 24.6 Å². The highest BCUT2D eigenvalue weighted by Crippen LogP contribution is 2.32. The average Bonchev–Trinajstić information content (AvgIpc) is 3.42. The van der Waals surface area contributed by atoms with E-state index in [2.05, 4.69) is 11.0 Å². The lowest BCUT2D eigenvalue weighted by Gasteiger charge is -2.21. The Morgan fingerprint density at radius 2 is 2.10 bits per heavy atom. The number of likely N-dealkylation sites (tertiary alicyclic amines) is 1. The molecule has 3 aliphatic rings. The van der Waals surface area contributed by atoms with Crippen LogP contribution in [0.5, 0.6) is 0 Å². The Bertz CT molecular complexity index is 805. The summed E-state index contributed by atoms with van der Waals surface area (Å²) in [6, 6.07) is 7.51. The summed E-state index contributed by atoms with van der Waals surface area (Å²) in [6.45, 7) is 5.71. The largest absolute Gasteiger partial charge is 0.383 e. The van der Waals surface area contributed by atoms with Crippen LogP contribution in [0.15, 0.2) is 29.4 Å². The van der Waals surface area contributed by atoms with Gasteiger partial charge in [0.15, 0.2) is 0 Å². The molecule has 29 heavy (non-hydrogen) atoms. The lowest BCUT2D eigenvalue weighted by molar-refractivity contribution is -0.133. The number of likely N-dealkylation sites (N-methyl/N-ethyl adjacent to an activating group) is 1. The maximum absolute atomic E-state index is 11.4. The predicted octanol–water partition coefficient (Wildman–Crippen LogP) is 0.580. The minimum Gasteiger partial charge on any atom is -0.383 e. The van der Waals surface area contributed by atoms with Crippen LogP contribution in [-0.2, 0) is 14.3 Å². The highest BCUT2D eigenvalue weighted by Gasteiger charge is 2.44. The van der Waals surface area contributed by atoms with E-state index in [-0.39, 0.29) is 17.9 Å². The van der Waals surface area contributed by atoms with E-state index in [0.29, 0.717) is 31.9 Å². The van der Waals surface area contributed by atoms with Crippen molar-refractivity contribution in [3.8, 4) is 12.3 Å². The Morgan fingerprint density at radius 3 is 2.62 bits per heavy atom. The molecule has 156 valence electrons. The minimum absolute atomic E-state index is 0.0236. The number of rotatable bonds is 2. The number of nitrogens with zero attached hydrogens (tertiary/aromatic N) is 3. The topological polar surface area (TPSA) is 108 Å². The van der Waals surface area contributed by atoms with Crippen molar-refractivity contribution in [2.75, 3.05) is 31.8 Å². The summed E-state index contributed by atoms with van der Waals surface area (Å²) >= 11 is 0. The smallest absolute Gasteiger partial charge is 0.265 e. The number of nitrogens with two attached hydrogens (primary N) is 1. The number of primary amides is 1. The summed E-state index contributed by atoms with van der Waals surface area (Å²) in [5, 5.41) is 14.9. The number of hydrogen-bond donors (Lipinski definition) is 2. The van der Waals surface area contributed by atoms with Crippen LogP contribution >= 0.6 is 0 Å². The fourth-order valence-corrected chi connectivity index (χ4v) is 3.33. The molecule has 3 aliphatic heterocycles. The molecule has 0 spiro atoms. The van der Waals surface area contributed by atoms with Crippen LogP contribution in [0, 0.1) is 18.3 Å². The second-order valence-electron chi connectivity index (χ2n) is 6.66. The van der Waals surface area contributed by atoms with Crippen molar-refractivity contribution >= 4 is 23.2 Å². The van der Waals surface area contributed by atoms with Crippen LogP contribution in [0.4, 0.5) is 5.69 Å². The number of aliphatic hydroxyl groups is 1. The monoisotopic (exact) mass is 400 g/mol. The second-order valence-corrected chi connectivity index (χ2v) is 6.66. The highest BCUT2D eigenvalue weighted by atomic mass is 16.5. The maximum Gasteiger partial charge on any atom is 0.265 e. The van der Waals surface area contributed by atoms with Crippen LogP contribution in [-0.4, -0.2) is 66.5 Å². The Labute approximate surface area is 171 Å². The van der Waals surface area contributed by atoms with Gasteiger partial charge in [0.2, 0.25) is 0 Å². The zero-order chi connectivity index (χ0) is 21.6. The summed E-state index contributed by atoms with van der Waals surface area (Å²) in [5.74, 6) is 1.90. The number of fused-ring (bicyclic) bond motifs is 1. The third-order valence-electron chi connectivity index (χ3n) is 4.86. The van der Waals surface area contributed by atoms with Gasteiger partial charge in [-0.1, -0.05) is 25.8 Å². The number of carbonyl (C=O) groups excluding carboxylic acids is 2. The first kappa shape index (κ1) is 22.4. The van der Waals surface area contributed by atoms with Gasteiger partial charge in [0.05, 0.1) is 30.9 Å². The molecule has 0 bridgehead atoms. The summed E-state index contributed by atoms with van der Waals surface area (Å²) in [4.78, 5) is 23.5. The van der Waals surface area contributed by atoms with E-state index in [0.717, 1.165) is 11.3 Å². The number of hydrazone groups is 1. The Hall–Kier alpha value is -2.89. The third-order valence-corrected chi connectivity index (χ3v) is 4.86. The van der Waals surface area contributed by atoms with Gasteiger partial charge in [-0.25, -0.2) is 0 Å². The molecule has 0 saturated carbocycles. The van der Waals surface area contributed by atoms with Gasteiger partial charge in [0.25, 0.3) is 11.8 Å². The molecule has 1 aromatic rings. The normalized spacial score (nSPS) is 24.6. The van der Waals surface area contributed by atoms with Gasteiger partial charge in [0, 0.05) is 19.2 Å². The number of anilines is 1. The van der Waals surface area contributed by atoms with Gasteiger partial charge in [0.1, 0.15) is 11.8 Å². The van der Waals surface area contributed by atoms with E-state index in [1.807, 2.05) is 38.1 Å². The zero-order valence-corrected chi connectivity index (χ0v) is 17.0. The first-order valence-electron chi connectivity index (χ1n) is 9.67. The van der Waals surface area contributed by atoms with E-state index in [1.165, 1.54) is 4.90 Å². The van der Waals surface area contributed by atoms with E-state index in [9.17, 15) is 9.59 Å². The van der Waals surface area contributed by atoms with Crippen LogP contribution in [0.1, 0.15) is 25.8 Å². The standard InChI is InChI=1S/C14H13N3O2.C5H9NO2.C2H6/c1-2-9-4-3-5-10(6-9)17-12-8-19-7-11(12)13(16-17)14(15)18;1-6-3-2-4(7)5(6)8;1-2/h1,3-6,11-12H,7-8H2,(H2,15,18);4,7H,2-3H2,1H3;1-2H3. The van der Waals surface area contributed by atoms with Crippen molar-refractivity contribution < 1.29 is 19.4 Å². The minimum atomic E-state index is -0.722. The highest BCUT2D eigenvalue weighted by molar-refractivity contribution is 6.40. The van der Waals surface area contributed by atoms with E-state index in [1.54, 1.807) is 12.1 Å². The first-order valence-corrected chi connectivity index (χ1v) is 9.67. The molecule has 8 nitrogen and oxygen atoms in total. The Kier molecular flexibility index (Phi) is 7.76. The zero-order valence-electron chi connectivity index (χ0n) is 17.0. The summed E-state index contributed by atoms with van der Waals surface area (Å²) in [7, 11) is 1.69. The molecule has 4 rings (SSSR count). The van der Waals surface area contributed by atoms with E-state index in [4.69, 9.17) is 22.0 Å². The van der Waals surface area contributed by atoms with Gasteiger partial charge in [-0.15, -0.1) is 6.42 Å². The fraction of sp³-hybridized carbons (Fsp3) is 0.476. The quantitative estimate of drug-likeness (QED) is 0.706. The van der Waals surface area contributed by atoms with Crippen molar-refractivity contribution in [1.82, 2.24) is 4.90 Å². The number of hydrogen-bond acceptors (Lipinski definition) is 6. The molecule has 2 fully saturated rings. The first-order chi connectivity index (χ1) is 13.9. The Morgan fingerprint density at radius 1 is 1.38 bits per heavy atom. The number of terminal acetylenes is 1. The molecule has 3 atom stereocenters. The molecule has 2 saturated heterocycles. The fourth-order valence-electron chi connectivity index (χ4n) is 3.33. The van der Waals surface area contributed by atoms with Gasteiger partial charge in [-0.3, -0.25) is 14.6 Å². The molecule has 2 amide bonds. The molecule has 1 aromatic carbocycles. The second kappa shape index (κ2) is 10.0. The summed E-state index contributed by atoms with van der Waals surface area (Å²) in [6.07, 6.45) is 5.27. The van der Waals surface area contributed by atoms with E-state index < -0.39 is 12.0 Å². The van der Waals surface area contributed by atoms with Crippen molar-refractivity contribution in [2.24, 2.45) is 16.8 Å². The lowest BCUT2D eigenvalue weighted by atomic mass is 9.98. The number of amides is 2. The molecule has 3 N–H and O–H groups in total.